The molecule has 1 saturated heterocycles. The molecule has 2 aromatic rings. The molecule has 0 saturated carbocycles. The molecule has 1 heterocycles. The minimum atomic E-state index is -3.63. The lowest BCUT2D eigenvalue weighted by atomic mass is 10.0. The number of piperazine rings is 1. The molecule has 0 spiro atoms. The molecule has 0 bridgehead atoms. The average molecular weight is 416 g/mol. The van der Waals surface area contributed by atoms with Gasteiger partial charge in [0.05, 0.1) is 10.9 Å². The van der Waals surface area contributed by atoms with Gasteiger partial charge in [-0.25, -0.2) is 13.1 Å². The smallest absolute Gasteiger partial charge is 0.240 e. The van der Waals surface area contributed by atoms with Crippen LogP contribution in [0, 0.1) is 13.8 Å². The van der Waals surface area contributed by atoms with Crippen molar-refractivity contribution in [3.8, 4) is 0 Å². The molecule has 156 valence electrons. The Morgan fingerprint density at radius 3 is 2.48 bits per heavy atom. The molecule has 1 amide bonds. The molecule has 1 aliphatic heterocycles. The van der Waals surface area contributed by atoms with E-state index in [0.29, 0.717) is 6.54 Å². The number of carbonyl (C=O) groups is 1. The van der Waals surface area contributed by atoms with Crippen LogP contribution in [0.3, 0.4) is 0 Å². The van der Waals surface area contributed by atoms with E-state index in [2.05, 4.69) is 16.7 Å². The second-order valence-electron chi connectivity index (χ2n) is 7.67. The molecule has 0 unspecified atom stereocenters. The number of benzene rings is 2. The fourth-order valence-corrected chi connectivity index (χ4v) is 4.70. The van der Waals surface area contributed by atoms with Crippen LogP contribution in [0.4, 0.5) is 0 Å². The molecule has 1 atom stereocenters. The van der Waals surface area contributed by atoms with E-state index in [4.69, 9.17) is 0 Å². The van der Waals surface area contributed by atoms with Crippen LogP contribution in [-0.4, -0.2) is 57.4 Å². The maximum absolute atomic E-state index is 12.9. The standard InChI is InChI=1S/C22H29N3O3S/c1-17-9-10-20(15-18(17)2)29(27,28)23-12-11-22(26)25-14-13-24(3)16-21(25)19-7-5-4-6-8-19/h4-10,15,21,23H,11-14,16H2,1-3H3/t21-/m0/s1. The third-order valence-electron chi connectivity index (χ3n) is 5.51. The van der Waals surface area contributed by atoms with Gasteiger partial charge in [0.25, 0.3) is 0 Å². The number of carbonyl (C=O) groups excluding carboxylic acids is 1. The second-order valence-corrected chi connectivity index (χ2v) is 9.44. The highest BCUT2D eigenvalue weighted by Gasteiger charge is 2.30. The lowest BCUT2D eigenvalue weighted by molar-refractivity contribution is -0.136. The lowest BCUT2D eigenvalue weighted by Crippen LogP contribution is -2.49. The summed E-state index contributed by atoms with van der Waals surface area (Å²) in [5, 5.41) is 0. The SMILES string of the molecule is Cc1ccc(S(=O)(=O)NCCC(=O)N2CCN(C)C[C@H]2c2ccccc2)cc1C. The normalized spacial score (nSPS) is 18.0. The van der Waals surface area contributed by atoms with Crippen LogP contribution < -0.4 is 4.72 Å². The summed E-state index contributed by atoms with van der Waals surface area (Å²) in [6, 6.07) is 15.0. The molecule has 0 aliphatic carbocycles. The minimum absolute atomic E-state index is 0.0150. The van der Waals surface area contributed by atoms with Gasteiger partial charge in [-0.3, -0.25) is 4.79 Å². The molecule has 1 aliphatic rings. The first-order valence-corrected chi connectivity index (χ1v) is 11.4. The van der Waals surface area contributed by atoms with Crippen molar-refractivity contribution in [2.24, 2.45) is 0 Å². The van der Waals surface area contributed by atoms with Gasteiger partial charge >= 0.3 is 0 Å². The summed E-state index contributed by atoms with van der Waals surface area (Å²) in [6.45, 7) is 6.13. The van der Waals surface area contributed by atoms with E-state index in [1.165, 1.54) is 0 Å². The number of hydrogen-bond donors (Lipinski definition) is 1. The molecular weight excluding hydrogens is 386 g/mol. The minimum Gasteiger partial charge on any atom is -0.333 e. The Hall–Kier alpha value is -2.22. The third kappa shape index (κ3) is 5.23. The van der Waals surface area contributed by atoms with E-state index in [1.807, 2.05) is 49.1 Å². The van der Waals surface area contributed by atoms with E-state index < -0.39 is 10.0 Å². The molecular formula is C22H29N3O3S. The van der Waals surface area contributed by atoms with Crippen LogP contribution in [0.2, 0.25) is 0 Å². The van der Waals surface area contributed by atoms with Gasteiger partial charge < -0.3 is 9.80 Å². The molecule has 29 heavy (non-hydrogen) atoms. The first kappa shape index (κ1) is 21.5. The van der Waals surface area contributed by atoms with Gasteiger partial charge in [-0.1, -0.05) is 36.4 Å². The van der Waals surface area contributed by atoms with Crippen molar-refractivity contribution >= 4 is 15.9 Å². The molecule has 3 rings (SSSR count). The predicted octanol–water partition coefficient (Wildman–Crippen LogP) is 2.49. The van der Waals surface area contributed by atoms with E-state index >= 15 is 0 Å². The zero-order valence-electron chi connectivity index (χ0n) is 17.3. The summed E-state index contributed by atoms with van der Waals surface area (Å²) >= 11 is 0. The highest BCUT2D eigenvalue weighted by atomic mass is 32.2. The number of hydrogen-bond acceptors (Lipinski definition) is 4. The monoisotopic (exact) mass is 415 g/mol. The quantitative estimate of drug-likeness (QED) is 0.787. The van der Waals surface area contributed by atoms with Crippen molar-refractivity contribution in [3.05, 3.63) is 65.2 Å². The summed E-state index contributed by atoms with van der Waals surface area (Å²) in [5.41, 5.74) is 3.07. The summed E-state index contributed by atoms with van der Waals surface area (Å²) in [4.78, 5) is 17.2. The van der Waals surface area contributed by atoms with E-state index in [1.54, 1.807) is 18.2 Å². The summed E-state index contributed by atoms with van der Waals surface area (Å²) in [6.07, 6.45) is 0.136. The molecule has 2 aromatic carbocycles. The van der Waals surface area contributed by atoms with Crippen LogP contribution in [0.15, 0.2) is 53.4 Å². The first-order chi connectivity index (χ1) is 13.8. The number of likely N-dealkylation sites (N-methyl/N-ethyl adjacent to an activating group) is 1. The zero-order chi connectivity index (χ0) is 21.0. The van der Waals surface area contributed by atoms with Crippen LogP contribution in [0.1, 0.15) is 29.2 Å². The fraction of sp³-hybridized carbons (Fsp3) is 0.409. The maximum Gasteiger partial charge on any atom is 0.240 e. The van der Waals surface area contributed by atoms with Gasteiger partial charge in [-0.2, -0.15) is 0 Å². The van der Waals surface area contributed by atoms with Crippen LogP contribution >= 0.6 is 0 Å². The number of rotatable bonds is 6. The van der Waals surface area contributed by atoms with E-state index in [0.717, 1.165) is 29.8 Å². The Morgan fingerprint density at radius 2 is 1.79 bits per heavy atom. The van der Waals surface area contributed by atoms with Crippen molar-refractivity contribution in [1.29, 1.82) is 0 Å². The van der Waals surface area contributed by atoms with Gasteiger partial charge in [-0.15, -0.1) is 0 Å². The Morgan fingerprint density at radius 1 is 1.07 bits per heavy atom. The molecule has 0 aromatic heterocycles. The Kier molecular flexibility index (Phi) is 6.72. The fourth-order valence-electron chi connectivity index (χ4n) is 3.58. The van der Waals surface area contributed by atoms with Crippen molar-refractivity contribution in [2.45, 2.75) is 31.2 Å². The second kappa shape index (κ2) is 9.07. The van der Waals surface area contributed by atoms with Crippen molar-refractivity contribution in [1.82, 2.24) is 14.5 Å². The Labute approximate surface area is 173 Å². The average Bonchev–Trinajstić information content (AvgIpc) is 2.70. The summed E-state index contributed by atoms with van der Waals surface area (Å²) < 4.78 is 27.6. The molecule has 1 fully saturated rings. The van der Waals surface area contributed by atoms with Gasteiger partial charge in [0.2, 0.25) is 15.9 Å². The summed E-state index contributed by atoms with van der Waals surface area (Å²) in [7, 11) is -1.58. The van der Waals surface area contributed by atoms with Crippen molar-refractivity contribution in [3.63, 3.8) is 0 Å². The maximum atomic E-state index is 12.9. The number of nitrogens with zero attached hydrogens (tertiary/aromatic N) is 2. The van der Waals surface area contributed by atoms with Gasteiger partial charge in [0.15, 0.2) is 0 Å². The summed E-state index contributed by atoms with van der Waals surface area (Å²) in [5.74, 6) is -0.0326. The zero-order valence-corrected chi connectivity index (χ0v) is 18.1. The molecule has 0 radical (unpaired) electrons. The predicted molar refractivity (Wildman–Crippen MR) is 114 cm³/mol. The van der Waals surface area contributed by atoms with Gasteiger partial charge in [0, 0.05) is 32.6 Å². The molecule has 1 N–H and O–H groups in total. The number of sulfonamides is 1. The number of nitrogens with one attached hydrogen (secondary N) is 1. The van der Waals surface area contributed by atoms with Crippen LogP contribution in [0.5, 0.6) is 0 Å². The Bertz CT molecular complexity index is 961. The van der Waals surface area contributed by atoms with Crippen LogP contribution in [-0.2, 0) is 14.8 Å². The molecule has 6 nitrogen and oxygen atoms in total. The highest BCUT2D eigenvalue weighted by Crippen LogP contribution is 2.25. The number of amides is 1. The van der Waals surface area contributed by atoms with Gasteiger partial charge in [0.1, 0.15) is 0 Å². The third-order valence-corrected chi connectivity index (χ3v) is 6.97. The van der Waals surface area contributed by atoms with Crippen molar-refractivity contribution < 1.29 is 13.2 Å². The lowest BCUT2D eigenvalue weighted by Gasteiger charge is -2.40. The van der Waals surface area contributed by atoms with E-state index in [-0.39, 0.29) is 29.8 Å². The van der Waals surface area contributed by atoms with Crippen molar-refractivity contribution in [2.75, 3.05) is 33.2 Å². The molecule has 7 heteroatoms. The Balaban J connectivity index is 1.64. The largest absolute Gasteiger partial charge is 0.333 e. The van der Waals surface area contributed by atoms with Crippen LogP contribution in [0.25, 0.3) is 0 Å². The first-order valence-electron chi connectivity index (χ1n) is 9.88. The number of aryl methyl sites for hydroxylation is 2. The van der Waals surface area contributed by atoms with Gasteiger partial charge in [-0.05, 0) is 49.7 Å². The van der Waals surface area contributed by atoms with E-state index in [9.17, 15) is 13.2 Å². The highest BCUT2D eigenvalue weighted by molar-refractivity contribution is 7.89. The topological polar surface area (TPSA) is 69.7 Å².